The van der Waals surface area contributed by atoms with Gasteiger partial charge in [-0.1, -0.05) is 12.5 Å². The van der Waals surface area contributed by atoms with Crippen molar-refractivity contribution in [3.05, 3.63) is 45.4 Å². The number of amides is 1. The molecule has 1 aromatic heterocycles. The molecule has 0 saturated carbocycles. The fourth-order valence-corrected chi connectivity index (χ4v) is 3.78. The molecule has 110 valence electrons. The highest BCUT2D eigenvalue weighted by Gasteiger charge is 2.18. The first-order valence-corrected chi connectivity index (χ1v) is 7.94. The first-order valence-electron chi connectivity index (χ1n) is 7.12. The molecule has 21 heavy (non-hydrogen) atoms. The lowest BCUT2D eigenvalue weighted by molar-refractivity contribution is 0.103. The van der Waals surface area contributed by atoms with Crippen LogP contribution in [0.25, 0.3) is 0 Å². The number of aryl methyl sites for hydroxylation is 2. The van der Waals surface area contributed by atoms with Crippen LogP contribution in [0.1, 0.15) is 39.4 Å². The predicted molar refractivity (Wildman–Crippen MR) is 84.3 cm³/mol. The summed E-state index contributed by atoms with van der Waals surface area (Å²) in [5, 5.41) is 2.59. The zero-order chi connectivity index (χ0) is 14.8. The highest BCUT2D eigenvalue weighted by molar-refractivity contribution is 7.14. The molecule has 0 fully saturated rings. The molecule has 0 saturated heterocycles. The lowest BCUT2D eigenvalue weighted by Crippen LogP contribution is -2.13. The molecule has 0 aliphatic heterocycles. The van der Waals surface area contributed by atoms with E-state index >= 15 is 0 Å². The van der Waals surface area contributed by atoms with Gasteiger partial charge in [-0.05, 0) is 49.4 Å². The number of nitrogen functional groups attached to an aromatic ring is 1. The molecule has 3 N–H and O–H groups in total. The normalized spacial score (nSPS) is 14.3. The smallest absolute Gasteiger partial charge is 0.265 e. The minimum Gasteiger partial charge on any atom is -0.397 e. The summed E-state index contributed by atoms with van der Waals surface area (Å²) in [5.74, 6) is -0.800. The van der Waals surface area contributed by atoms with E-state index in [1.807, 2.05) is 6.07 Å². The van der Waals surface area contributed by atoms with Gasteiger partial charge in [0.25, 0.3) is 5.91 Å². The Labute approximate surface area is 127 Å². The summed E-state index contributed by atoms with van der Waals surface area (Å²) in [6, 6.07) is 6.32. The van der Waals surface area contributed by atoms with Crippen molar-refractivity contribution in [2.24, 2.45) is 0 Å². The van der Waals surface area contributed by atoms with Crippen molar-refractivity contribution >= 4 is 28.6 Å². The third-order valence-electron chi connectivity index (χ3n) is 3.75. The van der Waals surface area contributed by atoms with Crippen LogP contribution in [0.2, 0.25) is 0 Å². The molecule has 2 aromatic rings. The molecule has 0 atom stereocenters. The molecular formula is C16H17FN2OS. The second-order valence-corrected chi connectivity index (χ2v) is 6.41. The Bertz CT molecular complexity index is 637. The Kier molecular flexibility index (Phi) is 3.92. The summed E-state index contributed by atoms with van der Waals surface area (Å²) in [6.45, 7) is 0. The number of nitrogens with two attached hydrogens (primary N) is 1. The minimum absolute atomic E-state index is 0.0612. The Morgan fingerprint density at radius 1 is 1.24 bits per heavy atom. The lowest BCUT2D eigenvalue weighted by atomic mass is 10.1. The third kappa shape index (κ3) is 2.93. The van der Waals surface area contributed by atoms with E-state index in [0.29, 0.717) is 4.88 Å². The van der Waals surface area contributed by atoms with E-state index < -0.39 is 5.82 Å². The van der Waals surface area contributed by atoms with Crippen molar-refractivity contribution in [1.82, 2.24) is 0 Å². The molecule has 3 rings (SSSR count). The van der Waals surface area contributed by atoms with E-state index in [0.717, 1.165) is 12.8 Å². The van der Waals surface area contributed by atoms with Crippen molar-refractivity contribution in [3.8, 4) is 0 Å². The molecule has 1 aliphatic rings. The maximum absolute atomic E-state index is 13.7. The molecule has 1 amide bonds. The van der Waals surface area contributed by atoms with Crippen LogP contribution in [-0.2, 0) is 12.8 Å². The van der Waals surface area contributed by atoms with E-state index in [2.05, 4.69) is 5.32 Å². The van der Waals surface area contributed by atoms with E-state index in [1.165, 1.54) is 53.2 Å². The number of carbonyl (C=O) groups is 1. The van der Waals surface area contributed by atoms with Gasteiger partial charge in [0.1, 0.15) is 11.5 Å². The van der Waals surface area contributed by atoms with Crippen LogP contribution in [0, 0.1) is 5.82 Å². The molecular weight excluding hydrogens is 287 g/mol. The molecule has 0 unspecified atom stereocenters. The van der Waals surface area contributed by atoms with Gasteiger partial charge in [0.05, 0.1) is 10.6 Å². The lowest BCUT2D eigenvalue weighted by Gasteiger charge is -2.07. The first-order chi connectivity index (χ1) is 10.1. The van der Waals surface area contributed by atoms with Gasteiger partial charge in [0.2, 0.25) is 0 Å². The number of carbonyl (C=O) groups excluding carboxylic acids is 1. The monoisotopic (exact) mass is 304 g/mol. The minimum atomic E-state index is -0.513. The number of benzene rings is 1. The number of fused-ring (bicyclic) bond motifs is 1. The molecule has 3 nitrogen and oxygen atoms in total. The second kappa shape index (κ2) is 5.85. The van der Waals surface area contributed by atoms with E-state index in [9.17, 15) is 9.18 Å². The van der Waals surface area contributed by atoms with Gasteiger partial charge in [0, 0.05) is 4.88 Å². The van der Waals surface area contributed by atoms with E-state index in [1.54, 1.807) is 6.07 Å². The third-order valence-corrected chi connectivity index (χ3v) is 4.99. The zero-order valence-corrected chi connectivity index (χ0v) is 12.4. The Morgan fingerprint density at radius 3 is 2.86 bits per heavy atom. The van der Waals surface area contributed by atoms with Crippen molar-refractivity contribution in [2.75, 3.05) is 11.1 Å². The van der Waals surface area contributed by atoms with Gasteiger partial charge in [-0.2, -0.15) is 0 Å². The molecule has 0 spiro atoms. The van der Waals surface area contributed by atoms with Gasteiger partial charge < -0.3 is 11.1 Å². The van der Waals surface area contributed by atoms with Crippen molar-refractivity contribution < 1.29 is 9.18 Å². The van der Waals surface area contributed by atoms with Crippen molar-refractivity contribution in [3.63, 3.8) is 0 Å². The number of para-hydroxylation sites is 1. The van der Waals surface area contributed by atoms with Gasteiger partial charge in [-0.15, -0.1) is 11.3 Å². The highest BCUT2D eigenvalue weighted by atomic mass is 32.1. The summed E-state index contributed by atoms with van der Waals surface area (Å²) in [4.78, 5) is 14.2. The number of thiophene rings is 1. The Hall–Kier alpha value is -1.88. The molecule has 1 aliphatic carbocycles. The number of nitrogens with one attached hydrogen (secondary N) is 1. The number of rotatable bonds is 2. The average molecular weight is 304 g/mol. The van der Waals surface area contributed by atoms with Crippen LogP contribution >= 0.6 is 11.3 Å². The number of anilines is 2. The summed E-state index contributed by atoms with van der Waals surface area (Å²) in [7, 11) is 0. The molecule has 5 heteroatoms. The number of hydrogen-bond donors (Lipinski definition) is 2. The topological polar surface area (TPSA) is 55.1 Å². The summed E-state index contributed by atoms with van der Waals surface area (Å²) >= 11 is 1.51. The van der Waals surface area contributed by atoms with Gasteiger partial charge in [-0.3, -0.25) is 4.79 Å². The number of halogens is 1. The quantitative estimate of drug-likeness (QED) is 0.651. The Balaban J connectivity index is 1.83. The molecule has 1 aromatic carbocycles. The first kappa shape index (κ1) is 14.1. The SMILES string of the molecule is Nc1cccc(F)c1NC(=O)c1cc2c(s1)CCCCC2. The zero-order valence-electron chi connectivity index (χ0n) is 11.6. The standard InChI is InChI=1S/C16H17FN2OS/c17-11-6-4-7-12(18)15(11)19-16(20)14-9-10-5-2-1-3-8-13(10)21-14/h4,6-7,9H,1-3,5,8,18H2,(H,19,20). The molecule has 0 radical (unpaired) electrons. The largest absolute Gasteiger partial charge is 0.397 e. The van der Waals surface area contributed by atoms with Crippen LogP contribution < -0.4 is 11.1 Å². The van der Waals surface area contributed by atoms with Gasteiger partial charge in [0.15, 0.2) is 0 Å². The second-order valence-electron chi connectivity index (χ2n) is 5.28. The molecule has 1 heterocycles. The van der Waals surface area contributed by atoms with Gasteiger partial charge >= 0.3 is 0 Å². The molecule has 0 bridgehead atoms. The van der Waals surface area contributed by atoms with Crippen LogP contribution in [0.5, 0.6) is 0 Å². The highest BCUT2D eigenvalue weighted by Crippen LogP contribution is 2.30. The van der Waals surface area contributed by atoms with E-state index in [4.69, 9.17) is 5.73 Å². The maximum Gasteiger partial charge on any atom is 0.265 e. The van der Waals surface area contributed by atoms with Crippen LogP contribution in [0.4, 0.5) is 15.8 Å². The number of hydrogen-bond acceptors (Lipinski definition) is 3. The Morgan fingerprint density at radius 2 is 2.05 bits per heavy atom. The fourth-order valence-electron chi connectivity index (χ4n) is 2.63. The summed E-state index contributed by atoms with van der Waals surface area (Å²) < 4.78 is 13.7. The fraction of sp³-hybridized carbons (Fsp3) is 0.312. The van der Waals surface area contributed by atoms with Crippen LogP contribution in [-0.4, -0.2) is 5.91 Å². The summed E-state index contributed by atoms with van der Waals surface area (Å²) in [5.41, 5.74) is 7.28. The summed E-state index contributed by atoms with van der Waals surface area (Å²) in [6.07, 6.45) is 5.66. The van der Waals surface area contributed by atoms with Crippen LogP contribution in [0.15, 0.2) is 24.3 Å². The average Bonchev–Trinajstić information content (AvgIpc) is 2.74. The maximum atomic E-state index is 13.7. The van der Waals surface area contributed by atoms with Crippen molar-refractivity contribution in [1.29, 1.82) is 0 Å². The van der Waals surface area contributed by atoms with Crippen LogP contribution in [0.3, 0.4) is 0 Å². The van der Waals surface area contributed by atoms with Gasteiger partial charge in [-0.25, -0.2) is 4.39 Å². The van der Waals surface area contributed by atoms with Crippen molar-refractivity contribution in [2.45, 2.75) is 32.1 Å². The van der Waals surface area contributed by atoms with E-state index in [-0.39, 0.29) is 17.3 Å². The predicted octanol–water partition coefficient (Wildman–Crippen LogP) is 3.99.